The first-order chi connectivity index (χ1) is 15.1. The molecule has 0 amide bonds. The van der Waals surface area contributed by atoms with Crippen molar-refractivity contribution in [1.29, 1.82) is 0 Å². The normalized spacial score (nSPS) is 14.5. The zero-order valence-electron chi connectivity index (χ0n) is 18.7. The predicted molar refractivity (Wildman–Crippen MR) is 127 cm³/mol. The SMILES string of the molecule is Cc1cnc2c(NCCN3CCCC3)nc(-c3ccccc3NCCN(C)C)nc2n1. The highest BCUT2D eigenvalue weighted by molar-refractivity contribution is 5.86. The third-order valence-electron chi connectivity index (χ3n) is 5.49. The van der Waals surface area contributed by atoms with Crippen LogP contribution >= 0.6 is 0 Å². The molecule has 0 bridgehead atoms. The van der Waals surface area contributed by atoms with Crippen molar-refractivity contribution in [2.75, 3.05) is 64.0 Å². The van der Waals surface area contributed by atoms with E-state index in [9.17, 15) is 0 Å². The Bertz CT molecular complexity index is 1010. The lowest BCUT2D eigenvalue weighted by Crippen LogP contribution is -2.26. The van der Waals surface area contributed by atoms with Crippen LogP contribution in [0.2, 0.25) is 0 Å². The molecule has 2 N–H and O–H groups in total. The van der Waals surface area contributed by atoms with Gasteiger partial charge >= 0.3 is 0 Å². The summed E-state index contributed by atoms with van der Waals surface area (Å²) < 4.78 is 0. The van der Waals surface area contributed by atoms with E-state index < -0.39 is 0 Å². The number of para-hydroxylation sites is 1. The topological polar surface area (TPSA) is 82.1 Å². The summed E-state index contributed by atoms with van der Waals surface area (Å²) in [5.41, 5.74) is 4.17. The van der Waals surface area contributed by atoms with Gasteiger partial charge in [-0.15, -0.1) is 0 Å². The summed E-state index contributed by atoms with van der Waals surface area (Å²) in [6, 6.07) is 8.17. The minimum atomic E-state index is 0.622. The molecule has 3 aromatic rings. The van der Waals surface area contributed by atoms with Crippen molar-refractivity contribution in [2.24, 2.45) is 0 Å². The van der Waals surface area contributed by atoms with Gasteiger partial charge in [-0.2, -0.15) is 0 Å². The van der Waals surface area contributed by atoms with Crippen LogP contribution in [-0.2, 0) is 0 Å². The van der Waals surface area contributed by atoms with Gasteiger partial charge in [-0.05, 0) is 59.1 Å². The summed E-state index contributed by atoms with van der Waals surface area (Å²) in [5.74, 6) is 1.40. The molecule has 1 saturated heterocycles. The number of rotatable bonds is 9. The van der Waals surface area contributed by atoms with Gasteiger partial charge in [0, 0.05) is 43.6 Å². The Hall–Kier alpha value is -2.84. The Kier molecular flexibility index (Phi) is 6.89. The Morgan fingerprint density at radius 2 is 1.81 bits per heavy atom. The van der Waals surface area contributed by atoms with Gasteiger partial charge < -0.3 is 20.4 Å². The highest BCUT2D eigenvalue weighted by Gasteiger charge is 2.15. The lowest BCUT2D eigenvalue weighted by molar-refractivity contribution is 0.352. The smallest absolute Gasteiger partial charge is 0.184 e. The highest BCUT2D eigenvalue weighted by Crippen LogP contribution is 2.28. The van der Waals surface area contributed by atoms with E-state index in [1.54, 1.807) is 6.20 Å². The molecule has 31 heavy (non-hydrogen) atoms. The average Bonchev–Trinajstić information content (AvgIpc) is 3.27. The predicted octanol–water partition coefficient (Wildman–Crippen LogP) is 2.88. The van der Waals surface area contributed by atoms with Crippen LogP contribution in [0.4, 0.5) is 11.5 Å². The van der Waals surface area contributed by atoms with E-state index in [4.69, 9.17) is 9.97 Å². The lowest BCUT2D eigenvalue weighted by atomic mass is 10.1. The lowest BCUT2D eigenvalue weighted by Gasteiger charge is -2.17. The van der Waals surface area contributed by atoms with Crippen LogP contribution in [-0.4, -0.2) is 83.1 Å². The van der Waals surface area contributed by atoms with Crippen LogP contribution in [0, 0.1) is 6.92 Å². The van der Waals surface area contributed by atoms with Crippen molar-refractivity contribution in [3.8, 4) is 11.4 Å². The van der Waals surface area contributed by atoms with Gasteiger partial charge in [0.2, 0.25) is 0 Å². The highest BCUT2D eigenvalue weighted by atomic mass is 15.2. The molecule has 0 atom stereocenters. The van der Waals surface area contributed by atoms with E-state index in [0.717, 1.165) is 48.9 Å². The van der Waals surface area contributed by atoms with Crippen LogP contribution in [0.15, 0.2) is 30.5 Å². The maximum atomic E-state index is 4.88. The molecule has 3 heterocycles. The Balaban J connectivity index is 1.63. The Morgan fingerprint density at radius 1 is 1.00 bits per heavy atom. The number of nitrogens with zero attached hydrogens (tertiary/aromatic N) is 6. The quantitative estimate of drug-likeness (QED) is 0.547. The molecule has 4 rings (SSSR count). The van der Waals surface area contributed by atoms with E-state index in [1.807, 2.05) is 19.1 Å². The van der Waals surface area contributed by atoms with Gasteiger partial charge in [-0.1, -0.05) is 12.1 Å². The Labute approximate surface area is 184 Å². The summed E-state index contributed by atoms with van der Waals surface area (Å²) in [4.78, 5) is 23.5. The third kappa shape index (κ3) is 5.45. The minimum absolute atomic E-state index is 0.622. The zero-order chi connectivity index (χ0) is 21.6. The van der Waals surface area contributed by atoms with Crippen LogP contribution in [0.25, 0.3) is 22.6 Å². The molecule has 0 spiro atoms. The van der Waals surface area contributed by atoms with Gasteiger partial charge in [0.1, 0.15) is 5.52 Å². The number of likely N-dealkylation sites (N-methyl/N-ethyl adjacent to an activating group) is 1. The number of hydrogen-bond acceptors (Lipinski definition) is 8. The molecule has 0 radical (unpaired) electrons. The molecule has 0 aliphatic carbocycles. The van der Waals surface area contributed by atoms with Crippen LogP contribution in [0.5, 0.6) is 0 Å². The molecule has 164 valence electrons. The van der Waals surface area contributed by atoms with Crippen molar-refractivity contribution < 1.29 is 0 Å². The molecular formula is C23H32N8. The summed E-state index contributed by atoms with van der Waals surface area (Å²) in [6.07, 6.45) is 4.36. The summed E-state index contributed by atoms with van der Waals surface area (Å²) in [6.45, 7) is 7.92. The molecule has 2 aromatic heterocycles. The monoisotopic (exact) mass is 420 g/mol. The van der Waals surface area contributed by atoms with Gasteiger partial charge in [0.15, 0.2) is 17.3 Å². The maximum absolute atomic E-state index is 4.88. The summed E-state index contributed by atoms with van der Waals surface area (Å²) in [5, 5.41) is 7.02. The second-order valence-corrected chi connectivity index (χ2v) is 8.33. The molecule has 1 aromatic carbocycles. The largest absolute Gasteiger partial charge is 0.383 e. The molecule has 8 heteroatoms. The first-order valence-electron chi connectivity index (χ1n) is 11.1. The first kappa shape index (κ1) is 21.4. The fourth-order valence-electron chi connectivity index (χ4n) is 3.82. The molecule has 8 nitrogen and oxygen atoms in total. The van der Waals surface area contributed by atoms with Crippen LogP contribution in [0.1, 0.15) is 18.5 Å². The minimum Gasteiger partial charge on any atom is -0.383 e. The number of likely N-dealkylation sites (tertiary alicyclic amines) is 1. The number of aryl methyl sites for hydroxylation is 1. The van der Waals surface area contributed by atoms with Crippen molar-refractivity contribution in [2.45, 2.75) is 19.8 Å². The Morgan fingerprint density at radius 3 is 2.61 bits per heavy atom. The van der Waals surface area contributed by atoms with Crippen molar-refractivity contribution in [1.82, 2.24) is 29.7 Å². The van der Waals surface area contributed by atoms with E-state index in [1.165, 1.54) is 25.9 Å². The third-order valence-corrected chi connectivity index (χ3v) is 5.49. The number of hydrogen-bond donors (Lipinski definition) is 2. The number of anilines is 2. The molecule has 1 aliphatic rings. The van der Waals surface area contributed by atoms with Gasteiger partial charge in [0.05, 0.1) is 5.69 Å². The number of nitrogens with one attached hydrogen (secondary N) is 2. The average molecular weight is 421 g/mol. The number of fused-ring (bicyclic) bond motifs is 1. The van der Waals surface area contributed by atoms with Crippen LogP contribution < -0.4 is 10.6 Å². The van der Waals surface area contributed by atoms with Crippen LogP contribution in [0.3, 0.4) is 0 Å². The van der Waals surface area contributed by atoms with E-state index >= 15 is 0 Å². The van der Waals surface area contributed by atoms with Gasteiger partial charge in [-0.3, -0.25) is 0 Å². The van der Waals surface area contributed by atoms with Crippen molar-refractivity contribution >= 4 is 22.7 Å². The fourth-order valence-corrected chi connectivity index (χ4v) is 3.82. The molecule has 0 saturated carbocycles. The maximum Gasteiger partial charge on any atom is 0.184 e. The standard InChI is InChI=1S/C23H32N8/c1-17-16-26-20-22(25-11-15-31-12-6-7-13-31)28-21(29-23(20)27-17)18-8-4-5-9-19(18)24-10-14-30(2)3/h4-5,8-9,16,24H,6-7,10-15H2,1-3H3,(H,25,27,28,29). The van der Waals surface area contributed by atoms with E-state index in [2.05, 4.69) is 56.6 Å². The van der Waals surface area contributed by atoms with Gasteiger partial charge in [0.25, 0.3) is 0 Å². The fraction of sp³-hybridized carbons (Fsp3) is 0.478. The zero-order valence-corrected chi connectivity index (χ0v) is 18.7. The number of benzene rings is 1. The number of aromatic nitrogens is 4. The second kappa shape index (κ2) is 9.98. The van der Waals surface area contributed by atoms with Crippen molar-refractivity contribution in [3.63, 3.8) is 0 Å². The van der Waals surface area contributed by atoms with Crippen molar-refractivity contribution in [3.05, 3.63) is 36.2 Å². The van der Waals surface area contributed by atoms with E-state index in [0.29, 0.717) is 17.0 Å². The summed E-state index contributed by atoms with van der Waals surface area (Å²) >= 11 is 0. The van der Waals surface area contributed by atoms with E-state index in [-0.39, 0.29) is 0 Å². The molecule has 1 aliphatic heterocycles. The second-order valence-electron chi connectivity index (χ2n) is 8.33. The molecule has 1 fully saturated rings. The first-order valence-corrected chi connectivity index (χ1v) is 11.1. The van der Waals surface area contributed by atoms with Gasteiger partial charge in [-0.25, -0.2) is 19.9 Å². The molecule has 0 unspecified atom stereocenters. The summed E-state index contributed by atoms with van der Waals surface area (Å²) in [7, 11) is 4.14. The molecular weight excluding hydrogens is 388 g/mol.